The lowest BCUT2D eigenvalue weighted by Gasteiger charge is -2.48. The molecule has 0 spiro atoms. The summed E-state index contributed by atoms with van der Waals surface area (Å²) in [5.41, 5.74) is 7.44. The van der Waals surface area contributed by atoms with Crippen molar-refractivity contribution in [2.45, 2.75) is 24.1 Å². The summed E-state index contributed by atoms with van der Waals surface area (Å²) in [6.45, 7) is 7.13. The van der Waals surface area contributed by atoms with Gasteiger partial charge in [0.05, 0.1) is 0 Å². The van der Waals surface area contributed by atoms with Gasteiger partial charge in [0.1, 0.15) is 5.82 Å². The number of thioether (sulfide) groups is 1. The molecule has 2 heterocycles. The monoisotopic (exact) mass is 309 g/mol. The fraction of sp³-hybridized carbons (Fsp3) is 0.625. The zero-order valence-electron chi connectivity index (χ0n) is 12.6. The van der Waals surface area contributed by atoms with Crippen LogP contribution in [-0.2, 0) is 0 Å². The lowest BCUT2D eigenvalue weighted by Crippen LogP contribution is -2.62. The lowest BCUT2D eigenvalue weighted by atomic mass is 9.89. The van der Waals surface area contributed by atoms with Crippen molar-refractivity contribution in [3.63, 3.8) is 0 Å². The van der Waals surface area contributed by atoms with Crippen LogP contribution in [0.15, 0.2) is 24.3 Å². The molecule has 3 rings (SSSR count). The molecule has 5 heteroatoms. The number of hydrogen-bond acceptors (Lipinski definition) is 4. The maximum atomic E-state index is 13.0. The molecule has 0 saturated carbocycles. The molecule has 0 aliphatic carbocycles. The largest absolute Gasteiger partial charge is 0.369 e. The number of piperazine rings is 1. The minimum absolute atomic E-state index is 0.170. The molecule has 1 aromatic rings. The number of benzene rings is 1. The molecular weight excluding hydrogens is 285 g/mol. The van der Waals surface area contributed by atoms with Crippen LogP contribution in [0.2, 0.25) is 0 Å². The Morgan fingerprint density at radius 2 is 1.90 bits per heavy atom. The van der Waals surface area contributed by atoms with Crippen LogP contribution in [0, 0.1) is 5.82 Å². The highest BCUT2D eigenvalue weighted by Gasteiger charge is 2.45. The SMILES string of the molecule is CC1SCCC1(CN)N1CCN(c2ccc(F)cc2)CC1. The number of hydrogen-bond donors (Lipinski definition) is 1. The number of nitrogens with zero attached hydrogens (tertiary/aromatic N) is 2. The summed E-state index contributed by atoms with van der Waals surface area (Å²) in [4.78, 5) is 4.94. The Balaban J connectivity index is 1.66. The van der Waals surface area contributed by atoms with Crippen molar-refractivity contribution in [2.24, 2.45) is 5.73 Å². The van der Waals surface area contributed by atoms with E-state index in [0.717, 1.165) is 38.4 Å². The van der Waals surface area contributed by atoms with Crippen molar-refractivity contribution in [3.8, 4) is 0 Å². The van der Waals surface area contributed by atoms with Gasteiger partial charge in [0.2, 0.25) is 0 Å². The third-order valence-electron chi connectivity index (χ3n) is 5.11. The Hall–Kier alpha value is -0.780. The maximum absolute atomic E-state index is 13.0. The molecule has 2 saturated heterocycles. The van der Waals surface area contributed by atoms with Crippen molar-refractivity contribution in [1.82, 2.24) is 4.90 Å². The van der Waals surface area contributed by atoms with Gasteiger partial charge in [0, 0.05) is 49.2 Å². The average molecular weight is 309 g/mol. The summed E-state index contributed by atoms with van der Waals surface area (Å²) in [5, 5.41) is 0.611. The molecule has 0 amide bonds. The Morgan fingerprint density at radius 1 is 1.24 bits per heavy atom. The van der Waals surface area contributed by atoms with E-state index in [1.165, 1.54) is 12.2 Å². The van der Waals surface area contributed by atoms with Crippen molar-refractivity contribution in [2.75, 3.05) is 43.4 Å². The third-order valence-corrected chi connectivity index (χ3v) is 6.49. The molecule has 2 aliphatic heterocycles. The molecule has 2 unspecified atom stereocenters. The summed E-state index contributed by atoms with van der Waals surface area (Å²) in [7, 11) is 0. The van der Waals surface area contributed by atoms with E-state index in [9.17, 15) is 4.39 Å². The quantitative estimate of drug-likeness (QED) is 0.927. The van der Waals surface area contributed by atoms with Crippen LogP contribution in [-0.4, -0.2) is 54.2 Å². The predicted octanol–water partition coefficient (Wildman–Crippen LogP) is 2.17. The van der Waals surface area contributed by atoms with E-state index in [0.29, 0.717) is 5.25 Å². The predicted molar refractivity (Wildman–Crippen MR) is 88.5 cm³/mol. The number of anilines is 1. The zero-order valence-corrected chi connectivity index (χ0v) is 13.4. The molecular formula is C16H24FN3S. The van der Waals surface area contributed by atoms with Crippen molar-refractivity contribution in [3.05, 3.63) is 30.1 Å². The number of nitrogens with two attached hydrogens (primary N) is 1. The van der Waals surface area contributed by atoms with E-state index in [2.05, 4.69) is 16.7 Å². The summed E-state index contributed by atoms with van der Waals surface area (Å²) < 4.78 is 13.0. The van der Waals surface area contributed by atoms with Gasteiger partial charge in [-0.05, 0) is 36.4 Å². The molecule has 2 atom stereocenters. The molecule has 3 nitrogen and oxygen atoms in total. The van der Waals surface area contributed by atoms with E-state index >= 15 is 0 Å². The van der Waals surface area contributed by atoms with Crippen LogP contribution in [0.5, 0.6) is 0 Å². The van der Waals surface area contributed by atoms with Crippen LogP contribution >= 0.6 is 11.8 Å². The first-order chi connectivity index (χ1) is 10.2. The highest BCUT2D eigenvalue weighted by Crippen LogP contribution is 2.40. The molecule has 0 radical (unpaired) electrons. The number of halogens is 1. The molecule has 1 aromatic carbocycles. The van der Waals surface area contributed by atoms with Gasteiger partial charge >= 0.3 is 0 Å². The Kier molecular flexibility index (Phi) is 4.43. The fourth-order valence-electron chi connectivity index (χ4n) is 3.65. The topological polar surface area (TPSA) is 32.5 Å². The second kappa shape index (κ2) is 6.15. The van der Waals surface area contributed by atoms with Gasteiger partial charge < -0.3 is 10.6 Å². The Labute approximate surface area is 130 Å². The van der Waals surface area contributed by atoms with Gasteiger partial charge in [-0.3, -0.25) is 4.90 Å². The molecule has 0 aromatic heterocycles. The van der Waals surface area contributed by atoms with Gasteiger partial charge in [0.15, 0.2) is 0 Å². The van der Waals surface area contributed by atoms with Crippen molar-refractivity contribution < 1.29 is 4.39 Å². The lowest BCUT2D eigenvalue weighted by molar-refractivity contribution is 0.0904. The smallest absolute Gasteiger partial charge is 0.123 e. The second-order valence-electron chi connectivity index (χ2n) is 6.02. The van der Waals surface area contributed by atoms with E-state index in [4.69, 9.17) is 5.73 Å². The van der Waals surface area contributed by atoms with Crippen molar-refractivity contribution in [1.29, 1.82) is 0 Å². The van der Waals surface area contributed by atoms with Gasteiger partial charge in [-0.25, -0.2) is 4.39 Å². The first kappa shape index (κ1) is 15.1. The maximum Gasteiger partial charge on any atom is 0.123 e. The van der Waals surface area contributed by atoms with E-state index in [-0.39, 0.29) is 11.4 Å². The molecule has 2 fully saturated rings. The first-order valence-electron chi connectivity index (χ1n) is 7.73. The minimum atomic E-state index is -0.170. The van der Waals surface area contributed by atoms with E-state index < -0.39 is 0 Å². The van der Waals surface area contributed by atoms with Gasteiger partial charge in [-0.1, -0.05) is 6.92 Å². The average Bonchev–Trinajstić information content (AvgIpc) is 2.90. The van der Waals surface area contributed by atoms with Crippen LogP contribution in [0.3, 0.4) is 0 Å². The second-order valence-corrected chi connectivity index (χ2v) is 7.47. The highest BCUT2D eigenvalue weighted by atomic mass is 32.2. The molecule has 21 heavy (non-hydrogen) atoms. The van der Waals surface area contributed by atoms with Crippen LogP contribution in [0.4, 0.5) is 10.1 Å². The van der Waals surface area contributed by atoms with Gasteiger partial charge in [-0.15, -0.1) is 0 Å². The van der Waals surface area contributed by atoms with Crippen LogP contribution in [0.25, 0.3) is 0 Å². The third kappa shape index (κ3) is 2.79. The standard InChI is InChI=1S/C16H24FN3S/c1-13-16(12-18,6-11-21-13)20-9-7-19(8-10-20)15-4-2-14(17)3-5-15/h2-5,13H,6-12,18H2,1H3. The van der Waals surface area contributed by atoms with Gasteiger partial charge in [-0.2, -0.15) is 11.8 Å². The molecule has 2 N–H and O–H groups in total. The van der Waals surface area contributed by atoms with E-state index in [1.54, 1.807) is 12.1 Å². The van der Waals surface area contributed by atoms with Crippen LogP contribution in [0.1, 0.15) is 13.3 Å². The van der Waals surface area contributed by atoms with Gasteiger partial charge in [0.25, 0.3) is 0 Å². The minimum Gasteiger partial charge on any atom is -0.369 e. The summed E-state index contributed by atoms with van der Waals surface area (Å²) in [6, 6.07) is 6.83. The summed E-state index contributed by atoms with van der Waals surface area (Å²) in [6.07, 6.45) is 1.20. The molecule has 0 bridgehead atoms. The normalized spacial score (nSPS) is 30.8. The summed E-state index contributed by atoms with van der Waals surface area (Å²) in [5.74, 6) is 1.05. The fourth-order valence-corrected chi connectivity index (χ4v) is 5.14. The summed E-state index contributed by atoms with van der Waals surface area (Å²) >= 11 is 2.04. The Morgan fingerprint density at radius 3 is 2.43 bits per heavy atom. The molecule has 2 aliphatic rings. The van der Waals surface area contributed by atoms with Crippen molar-refractivity contribution >= 4 is 17.4 Å². The molecule has 116 valence electrons. The Bertz CT molecular complexity index is 473. The van der Waals surface area contributed by atoms with E-state index in [1.807, 2.05) is 23.9 Å². The highest BCUT2D eigenvalue weighted by molar-refractivity contribution is 8.00. The van der Waals surface area contributed by atoms with Crippen LogP contribution < -0.4 is 10.6 Å². The zero-order chi connectivity index (χ0) is 14.9. The number of rotatable bonds is 3. The first-order valence-corrected chi connectivity index (χ1v) is 8.78.